The summed E-state index contributed by atoms with van der Waals surface area (Å²) in [4.78, 5) is 0. The van der Waals surface area contributed by atoms with Crippen LogP contribution < -0.4 is 0 Å². The van der Waals surface area contributed by atoms with E-state index in [-0.39, 0.29) is 6.10 Å². The van der Waals surface area contributed by atoms with Crippen molar-refractivity contribution in [3.05, 3.63) is 11.6 Å². The Morgan fingerprint density at radius 1 is 1.14 bits per heavy atom. The molecule has 1 unspecified atom stereocenters. The van der Waals surface area contributed by atoms with E-state index in [1.165, 1.54) is 5.57 Å². The molecule has 0 spiro atoms. The molecule has 0 heterocycles. The summed E-state index contributed by atoms with van der Waals surface area (Å²) in [5.41, 5.74) is 1.30. The average molecular weight is 200 g/mol. The van der Waals surface area contributed by atoms with Crippen LogP contribution in [0.2, 0.25) is 0 Å². The second-order valence-electron chi connectivity index (χ2n) is 4.13. The van der Waals surface area contributed by atoms with Crippen LogP contribution in [-0.4, -0.2) is 25.4 Å². The van der Waals surface area contributed by atoms with Gasteiger partial charge in [0.2, 0.25) is 0 Å². The van der Waals surface area contributed by atoms with Crippen LogP contribution in [-0.2, 0) is 9.47 Å². The molecule has 2 nitrogen and oxygen atoms in total. The van der Waals surface area contributed by atoms with Gasteiger partial charge in [0.05, 0.1) is 18.8 Å². The Morgan fingerprint density at radius 2 is 1.79 bits per heavy atom. The van der Waals surface area contributed by atoms with E-state index < -0.39 is 0 Å². The topological polar surface area (TPSA) is 18.5 Å². The quantitative estimate of drug-likeness (QED) is 0.588. The summed E-state index contributed by atoms with van der Waals surface area (Å²) >= 11 is 0. The van der Waals surface area contributed by atoms with Crippen molar-refractivity contribution in [1.82, 2.24) is 0 Å². The van der Waals surface area contributed by atoms with E-state index in [1.807, 2.05) is 0 Å². The van der Waals surface area contributed by atoms with Gasteiger partial charge >= 0.3 is 0 Å². The lowest BCUT2D eigenvalue weighted by Gasteiger charge is -2.13. The lowest BCUT2D eigenvalue weighted by atomic mass is 10.3. The highest BCUT2D eigenvalue weighted by molar-refractivity contribution is 4.92. The zero-order valence-electron chi connectivity index (χ0n) is 10.2. The summed E-state index contributed by atoms with van der Waals surface area (Å²) in [6, 6.07) is 0. The van der Waals surface area contributed by atoms with Crippen LogP contribution in [0.15, 0.2) is 11.6 Å². The van der Waals surface area contributed by atoms with Crippen LogP contribution in [0.3, 0.4) is 0 Å². The lowest BCUT2D eigenvalue weighted by Crippen LogP contribution is -2.14. The van der Waals surface area contributed by atoms with Gasteiger partial charge in [-0.1, -0.05) is 11.6 Å². The molecule has 84 valence electrons. The van der Waals surface area contributed by atoms with Crippen LogP contribution >= 0.6 is 0 Å². The van der Waals surface area contributed by atoms with E-state index in [4.69, 9.17) is 9.47 Å². The van der Waals surface area contributed by atoms with Crippen LogP contribution in [0.4, 0.5) is 0 Å². The number of hydrogen-bond acceptors (Lipinski definition) is 2. The summed E-state index contributed by atoms with van der Waals surface area (Å²) in [6.45, 7) is 11.8. The molecule has 0 rings (SSSR count). The van der Waals surface area contributed by atoms with Crippen molar-refractivity contribution in [1.29, 1.82) is 0 Å². The number of allylic oxidation sites excluding steroid dienone is 1. The Balaban J connectivity index is 3.37. The van der Waals surface area contributed by atoms with Crippen molar-refractivity contribution in [2.24, 2.45) is 0 Å². The Labute approximate surface area is 88.3 Å². The summed E-state index contributed by atoms with van der Waals surface area (Å²) in [5.74, 6) is 0. The molecule has 0 amide bonds. The molecule has 0 aromatic heterocycles. The molecule has 0 aliphatic heterocycles. The third-order valence-corrected chi connectivity index (χ3v) is 1.85. The maximum absolute atomic E-state index is 5.58. The Bertz CT molecular complexity index is 158. The number of ether oxygens (including phenoxy) is 2. The van der Waals surface area contributed by atoms with Crippen LogP contribution in [0.1, 0.15) is 41.0 Å². The van der Waals surface area contributed by atoms with Crippen molar-refractivity contribution >= 4 is 0 Å². The molecule has 2 heteroatoms. The van der Waals surface area contributed by atoms with E-state index in [2.05, 4.69) is 40.7 Å². The fourth-order valence-corrected chi connectivity index (χ4v) is 0.932. The van der Waals surface area contributed by atoms with Crippen molar-refractivity contribution in [2.45, 2.75) is 53.2 Å². The molecule has 0 aliphatic rings. The zero-order chi connectivity index (χ0) is 11.0. The first-order chi connectivity index (χ1) is 6.52. The molecule has 0 aliphatic carbocycles. The third-order valence-electron chi connectivity index (χ3n) is 1.85. The fraction of sp³-hybridized carbons (Fsp3) is 0.833. The second-order valence-corrected chi connectivity index (χ2v) is 4.13. The maximum atomic E-state index is 5.58. The van der Waals surface area contributed by atoms with Crippen molar-refractivity contribution in [2.75, 3.05) is 13.2 Å². The van der Waals surface area contributed by atoms with Gasteiger partial charge in [-0.15, -0.1) is 0 Å². The summed E-state index contributed by atoms with van der Waals surface area (Å²) in [7, 11) is 0. The standard InChI is InChI=1S/C12H24O2/c1-10(2)6-8-14-12(5)7-9-13-11(3)4/h6,11-12H,7-9H2,1-5H3. The van der Waals surface area contributed by atoms with Crippen LogP contribution in [0.5, 0.6) is 0 Å². The lowest BCUT2D eigenvalue weighted by molar-refractivity contribution is 0.0253. The van der Waals surface area contributed by atoms with Gasteiger partial charge in [0, 0.05) is 6.61 Å². The SMILES string of the molecule is CC(C)=CCOC(C)CCOC(C)C. The Kier molecular flexibility index (Phi) is 7.81. The predicted molar refractivity (Wildman–Crippen MR) is 60.6 cm³/mol. The predicted octanol–water partition coefficient (Wildman–Crippen LogP) is 3.17. The van der Waals surface area contributed by atoms with Gasteiger partial charge in [0.25, 0.3) is 0 Å². The normalized spacial score (nSPS) is 13.0. The van der Waals surface area contributed by atoms with E-state index >= 15 is 0 Å². The highest BCUT2D eigenvalue weighted by Crippen LogP contribution is 2.00. The third kappa shape index (κ3) is 9.75. The smallest absolute Gasteiger partial charge is 0.0653 e. The first-order valence-electron chi connectivity index (χ1n) is 5.39. The largest absolute Gasteiger partial charge is 0.379 e. The number of hydrogen-bond donors (Lipinski definition) is 0. The summed E-state index contributed by atoms with van der Waals surface area (Å²) in [6.07, 6.45) is 3.67. The molecule has 0 saturated heterocycles. The fourth-order valence-electron chi connectivity index (χ4n) is 0.932. The molecule has 0 aromatic carbocycles. The highest BCUT2D eigenvalue weighted by Gasteiger charge is 2.01. The van der Waals surface area contributed by atoms with Crippen LogP contribution in [0, 0.1) is 0 Å². The molecule has 0 bridgehead atoms. The molecule has 1 atom stereocenters. The zero-order valence-corrected chi connectivity index (χ0v) is 10.2. The van der Waals surface area contributed by atoms with Crippen molar-refractivity contribution in [3.8, 4) is 0 Å². The Morgan fingerprint density at radius 3 is 2.29 bits per heavy atom. The average Bonchev–Trinajstić information content (AvgIpc) is 2.02. The van der Waals surface area contributed by atoms with Gasteiger partial charge in [-0.25, -0.2) is 0 Å². The van der Waals surface area contributed by atoms with E-state index in [0.29, 0.717) is 12.7 Å². The van der Waals surface area contributed by atoms with Gasteiger partial charge in [0.1, 0.15) is 0 Å². The van der Waals surface area contributed by atoms with E-state index in [0.717, 1.165) is 13.0 Å². The minimum atomic E-state index is 0.282. The van der Waals surface area contributed by atoms with Crippen molar-refractivity contribution < 1.29 is 9.47 Å². The van der Waals surface area contributed by atoms with E-state index in [9.17, 15) is 0 Å². The van der Waals surface area contributed by atoms with Crippen molar-refractivity contribution in [3.63, 3.8) is 0 Å². The molecule has 0 N–H and O–H groups in total. The van der Waals surface area contributed by atoms with Gasteiger partial charge in [-0.3, -0.25) is 0 Å². The van der Waals surface area contributed by atoms with E-state index in [1.54, 1.807) is 0 Å². The molecule has 0 radical (unpaired) electrons. The summed E-state index contributed by atoms with van der Waals surface area (Å²) < 4.78 is 11.0. The van der Waals surface area contributed by atoms with Gasteiger partial charge in [-0.2, -0.15) is 0 Å². The molecule has 14 heavy (non-hydrogen) atoms. The van der Waals surface area contributed by atoms with Crippen LogP contribution in [0.25, 0.3) is 0 Å². The molecule has 0 aromatic rings. The minimum Gasteiger partial charge on any atom is -0.379 e. The Hall–Kier alpha value is -0.340. The monoisotopic (exact) mass is 200 g/mol. The van der Waals surface area contributed by atoms with Gasteiger partial charge in [0.15, 0.2) is 0 Å². The second kappa shape index (κ2) is 8.01. The minimum absolute atomic E-state index is 0.282. The van der Waals surface area contributed by atoms with Gasteiger partial charge in [-0.05, 0) is 41.0 Å². The first kappa shape index (κ1) is 13.7. The summed E-state index contributed by atoms with van der Waals surface area (Å²) in [5, 5.41) is 0. The molecular formula is C12H24O2. The molecule has 0 saturated carbocycles. The highest BCUT2D eigenvalue weighted by atomic mass is 16.5. The number of rotatable bonds is 7. The maximum Gasteiger partial charge on any atom is 0.0653 e. The first-order valence-corrected chi connectivity index (χ1v) is 5.39. The molecule has 0 fully saturated rings. The van der Waals surface area contributed by atoms with Gasteiger partial charge < -0.3 is 9.47 Å². The molecular weight excluding hydrogens is 176 g/mol.